The van der Waals surface area contributed by atoms with Crippen molar-refractivity contribution in [3.05, 3.63) is 74.8 Å². The Morgan fingerprint density at radius 2 is 1.91 bits per heavy atom. The van der Waals surface area contributed by atoms with Gasteiger partial charge in [0.1, 0.15) is 0 Å². The third-order valence-electron chi connectivity index (χ3n) is 2.80. The number of nitrogens with zero attached hydrogens (tertiary/aromatic N) is 2. The molecule has 0 aliphatic rings. The molecule has 1 N–H and O–H groups in total. The fraction of sp³-hybridized carbons (Fsp3) is 0.0667. The maximum absolute atomic E-state index is 11.7. The second-order valence-corrected chi connectivity index (χ2v) is 4.85. The summed E-state index contributed by atoms with van der Waals surface area (Å²) in [6.45, 7) is 0. The number of nitro benzene ring substituents is 1. The number of para-hydroxylation sites is 1. The van der Waals surface area contributed by atoms with Crippen LogP contribution >= 0.6 is 11.6 Å². The van der Waals surface area contributed by atoms with Crippen molar-refractivity contribution in [1.82, 2.24) is 5.43 Å². The molecule has 2 aromatic carbocycles. The molecule has 7 heteroatoms. The van der Waals surface area contributed by atoms with E-state index in [0.29, 0.717) is 10.6 Å². The predicted molar refractivity (Wildman–Crippen MR) is 84.0 cm³/mol. The molecule has 6 nitrogen and oxygen atoms in total. The summed E-state index contributed by atoms with van der Waals surface area (Å²) in [5.74, 6) is -0.322. The molecule has 0 saturated carbocycles. The van der Waals surface area contributed by atoms with Gasteiger partial charge < -0.3 is 0 Å². The number of nitrogens with one attached hydrogen (secondary N) is 1. The molecule has 2 rings (SSSR count). The fourth-order valence-electron chi connectivity index (χ4n) is 1.76. The van der Waals surface area contributed by atoms with Crippen molar-refractivity contribution in [3.63, 3.8) is 0 Å². The van der Waals surface area contributed by atoms with E-state index in [4.69, 9.17) is 11.6 Å². The van der Waals surface area contributed by atoms with Crippen LogP contribution in [0.15, 0.2) is 53.6 Å². The maximum Gasteiger partial charge on any atom is 0.278 e. The minimum Gasteiger partial charge on any atom is -0.273 e. The molecule has 0 aromatic heterocycles. The van der Waals surface area contributed by atoms with Gasteiger partial charge >= 0.3 is 0 Å². The lowest BCUT2D eigenvalue weighted by atomic mass is 10.1. The summed E-state index contributed by atoms with van der Waals surface area (Å²) in [6.07, 6.45) is 1.39. The van der Waals surface area contributed by atoms with Gasteiger partial charge in [0.2, 0.25) is 5.91 Å². The van der Waals surface area contributed by atoms with E-state index >= 15 is 0 Å². The highest BCUT2D eigenvalue weighted by Gasteiger charge is 2.10. The number of rotatable bonds is 5. The Morgan fingerprint density at radius 3 is 2.59 bits per heavy atom. The topological polar surface area (TPSA) is 84.6 Å². The van der Waals surface area contributed by atoms with Crippen molar-refractivity contribution in [2.24, 2.45) is 5.10 Å². The van der Waals surface area contributed by atoms with E-state index in [9.17, 15) is 14.9 Å². The Bertz CT molecular complexity index is 714. The number of hydrogen-bond acceptors (Lipinski definition) is 4. The molecule has 0 fully saturated rings. The van der Waals surface area contributed by atoms with Crippen LogP contribution in [0.5, 0.6) is 0 Å². The SMILES string of the molecule is O=C(Cc1ccc(Cl)cc1)N/N=C/c1ccccc1[N+](=O)[O-]. The van der Waals surface area contributed by atoms with Gasteiger partial charge in [-0.1, -0.05) is 35.9 Å². The number of hydrogen-bond donors (Lipinski definition) is 1. The first-order valence-corrected chi connectivity index (χ1v) is 6.74. The van der Waals surface area contributed by atoms with E-state index in [1.165, 1.54) is 12.3 Å². The Labute approximate surface area is 131 Å². The molecule has 0 heterocycles. The van der Waals surface area contributed by atoms with Crippen molar-refractivity contribution in [3.8, 4) is 0 Å². The lowest BCUT2D eigenvalue weighted by Crippen LogP contribution is -2.19. The van der Waals surface area contributed by atoms with Crippen molar-refractivity contribution in [1.29, 1.82) is 0 Å². The zero-order chi connectivity index (χ0) is 15.9. The Balaban J connectivity index is 1.96. The van der Waals surface area contributed by atoms with Gasteiger partial charge in [-0.3, -0.25) is 14.9 Å². The van der Waals surface area contributed by atoms with Crippen LogP contribution in [-0.4, -0.2) is 17.0 Å². The van der Waals surface area contributed by atoms with Crippen LogP contribution in [0, 0.1) is 10.1 Å². The molecule has 112 valence electrons. The second-order valence-electron chi connectivity index (χ2n) is 4.41. The average Bonchev–Trinajstić information content (AvgIpc) is 2.50. The average molecular weight is 318 g/mol. The molecule has 0 radical (unpaired) electrons. The molecule has 0 bridgehead atoms. The summed E-state index contributed by atoms with van der Waals surface area (Å²) in [6, 6.07) is 13.0. The summed E-state index contributed by atoms with van der Waals surface area (Å²) in [5.41, 5.74) is 3.38. The predicted octanol–water partition coefficient (Wildman–Crippen LogP) is 2.94. The number of halogens is 1. The zero-order valence-electron chi connectivity index (χ0n) is 11.4. The van der Waals surface area contributed by atoms with Gasteiger partial charge in [-0.05, 0) is 23.8 Å². The molecule has 0 aliphatic heterocycles. The number of carbonyl (C=O) groups excluding carboxylic acids is 1. The highest BCUT2D eigenvalue weighted by Crippen LogP contribution is 2.15. The monoisotopic (exact) mass is 317 g/mol. The van der Waals surface area contributed by atoms with E-state index in [1.54, 1.807) is 42.5 Å². The summed E-state index contributed by atoms with van der Waals surface area (Å²) in [5, 5.41) is 15.2. The van der Waals surface area contributed by atoms with Crippen LogP contribution in [0.2, 0.25) is 5.02 Å². The van der Waals surface area contributed by atoms with Gasteiger partial charge in [0.05, 0.1) is 23.1 Å². The van der Waals surface area contributed by atoms with Gasteiger partial charge in [-0.15, -0.1) is 0 Å². The summed E-state index contributed by atoms with van der Waals surface area (Å²) < 4.78 is 0. The quantitative estimate of drug-likeness (QED) is 0.522. The normalized spacial score (nSPS) is 10.6. The molecular weight excluding hydrogens is 306 g/mol. The molecule has 2 aromatic rings. The van der Waals surface area contributed by atoms with Gasteiger partial charge in [0, 0.05) is 11.1 Å². The molecule has 0 aliphatic carbocycles. The van der Waals surface area contributed by atoms with Crippen LogP contribution < -0.4 is 5.43 Å². The standard InChI is InChI=1S/C15H12ClN3O3/c16-13-7-5-11(6-8-13)9-15(20)18-17-10-12-3-1-2-4-14(12)19(21)22/h1-8,10H,9H2,(H,18,20)/b17-10+. The first-order chi connectivity index (χ1) is 10.6. The van der Waals surface area contributed by atoms with Gasteiger partial charge in [0.15, 0.2) is 0 Å². The van der Waals surface area contributed by atoms with Crippen LogP contribution in [0.4, 0.5) is 5.69 Å². The molecular formula is C15H12ClN3O3. The van der Waals surface area contributed by atoms with Crippen LogP contribution in [0.3, 0.4) is 0 Å². The fourth-order valence-corrected chi connectivity index (χ4v) is 1.89. The number of benzene rings is 2. The highest BCUT2D eigenvalue weighted by molar-refractivity contribution is 6.30. The largest absolute Gasteiger partial charge is 0.278 e. The van der Waals surface area contributed by atoms with E-state index in [1.807, 2.05) is 0 Å². The van der Waals surface area contributed by atoms with Crippen LogP contribution in [-0.2, 0) is 11.2 Å². The summed E-state index contributed by atoms with van der Waals surface area (Å²) >= 11 is 5.76. The Morgan fingerprint density at radius 1 is 1.23 bits per heavy atom. The van der Waals surface area contributed by atoms with Crippen molar-refractivity contribution in [2.45, 2.75) is 6.42 Å². The smallest absolute Gasteiger partial charge is 0.273 e. The molecule has 22 heavy (non-hydrogen) atoms. The Hall–Kier alpha value is -2.73. The highest BCUT2D eigenvalue weighted by atomic mass is 35.5. The second kappa shape index (κ2) is 7.33. The van der Waals surface area contributed by atoms with E-state index in [2.05, 4.69) is 10.5 Å². The van der Waals surface area contributed by atoms with Gasteiger partial charge in [0.25, 0.3) is 5.69 Å². The van der Waals surface area contributed by atoms with Gasteiger partial charge in [-0.25, -0.2) is 5.43 Å². The van der Waals surface area contributed by atoms with Gasteiger partial charge in [-0.2, -0.15) is 5.10 Å². The number of nitro groups is 1. The van der Waals surface area contributed by atoms with Crippen molar-refractivity contribution < 1.29 is 9.72 Å². The molecule has 0 unspecified atom stereocenters. The molecule has 0 spiro atoms. The van der Waals surface area contributed by atoms with E-state index in [0.717, 1.165) is 5.56 Å². The first kappa shape index (κ1) is 15.7. The summed E-state index contributed by atoms with van der Waals surface area (Å²) in [7, 11) is 0. The van der Waals surface area contributed by atoms with Crippen LogP contribution in [0.1, 0.15) is 11.1 Å². The van der Waals surface area contributed by atoms with E-state index in [-0.39, 0.29) is 18.0 Å². The zero-order valence-corrected chi connectivity index (χ0v) is 12.2. The lowest BCUT2D eigenvalue weighted by molar-refractivity contribution is -0.385. The third-order valence-corrected chi connectivity index (χ3v) is 3.06. The number of hydrazone groups is 1. The molecule has 0 atom stereocenters. The minimum absolute atomic E-state index is 0.0711. The minimum atomic E-state index is -0.503. The Kier molecular flexibility index (Phi) is 5.21. The first-order valence-electron chi connectivity index (χ1n) is 6.36. The number of carbonyl (C=O) groups is 1. The lowest BCUT2D eigenvalue weighted by Gasteiger charge is -2.01. The van der Waals surface area contributed by atoms with Crippen molar-refractivity contribution in [2.75, 3.05) is 0 Å². The molecule has 0 saturated heterocycles. The number of amides is 1. The molecule has 1 amide bonds. The van der Waals surface area contributed by atoms with Crippen molar-refractivity contribution >= 4 is 29.4 Å². The third kappa shape index (κ3) is 4.39. The van der Waals surface area contributed by atoms with Crippen LogP contribution in [0.25, 0.3) is 0 Å². The van der Waals surface area contributed by atoms with E-state index < -0.39 is 4.92 Å². The maximum atomic E-state index is 11.7. The summed E-state index contributed by atoms with van der Waals surface area (Å²) in [4.78, 5) is 22.0.